The number of piperidine rings is 1. The molecule has 1 fully saturated rings. The molecule has 2 N–H and O–H groups in total. The summed E-state index contributed by atoms with van der Waals surface area (Å²) in [4.78, 5) is 18.6. The molecule has 146 valence electrons. The van der Waals surface area contributed by atoms with Crippen molar-refractivity contribution in [3.05, 3.63) is 53.3 Å². The summed E-state index contributed by atoms with van der Waals surface area (Å²) in [5, 5.41) is 11.8. The first kappa shape index (κ1) is 18.4. The summed E-state index contributed by atoms with van der Waals surface area (Å²) < 4.78 is 4.80. The number of nitrogens with one attached hydrogen (secondary N) is 2. The van der Waals surface area contributed by atoms with Crippen molar-refractivity contribution in [1.82, 2.24) is 20.1 Å². The topological polar surface area (TPSA) is 83.1 Å². The molecule has 0 spiro atoms. The number of hydrogen-bond acceptors (Lipinski definition) is 6. The van der Waals surface area contributed by atoms with Crippen molar-refractivity contribution < 1.29 is 9.53 Å². The molecule has 1 aromatic carbocycles. The van der Waals surface area contributed by atoms with Gasteiger partial charge < -0.3 is 10.1 Å². The van der Waals surface area contributed by atoms with Gasteiger partial charge in [0, 0.05) is 48.6 Å². The standard InChI is InChI=1S/C21H25N5O2/c1-14-19-10-15(12-22-20(19)25-24-14)13-26-8-6-17(7-9-26)23-18-5-3-4-16(11-18)21(27)28-2/h3-5,10-12,17,23H,6-9,13H2,1-2H3,(H,22,24,25). The fourth-order valence-electron chi connectivity index (χ4n) is 3.73. The fourth-order valence-corrected chi connectivity index (χ4v) is 3.73. The second-order valence-corrected chi connectivity index (χ2v) is 7.33. The molecule has 0 aliphatic carbocycles. The van der Waals surface area contributed by atoms with Gasteiger partial charge in [-0.05, 0) is 49.6 Å². The molecule has 4 rings (SSSR count). The van der Waals surface area contributed by atoms with Crippen molar-refractivity contribution in [2.75, 3.05) is 25.5 Å². The molecule has 1 aliphatic heterocycles. The number of likely N-dealkylation sites (tertiary alicyclic amines) is 1. The number of carbonyl (C=O) groups is 1. The molecule has 28 heavy (non-hydrogen) atoms. The fraction of sp³-hybridized carbons (Fsp3) is 0.381. The lowest BCUT2D eigenvalue weighted by Gasteiger charge is -2.32. The number of ether oxygens (including phenoxy) is 1. The van der Waals surface area contributed by atoms with Gasteiger partial charge in [0.2, 0.25) is 0 Å². The highest BCUT2D eigenvalue weighted by Gasteiger charge is 2.20. The van der Waals surface area contributed by atoms with Crippen LogP contribution in [0.2, 0.25) is 0 Å². The molecule has 0 radical (unpaired) electrons. The molecule has 7 nitrogen and oxygen atoms in total. The average Bonchev–Trinajstić information content (AvgIpc) is 3.09. The second-order valence-electron chi connectivity index (χ2n) is 7.33. The maximum Gasteiger partial charge on any atom is 0.337 e. The highest BCUT2D eigenvalue weighted by Crippen LogP contribution is 2.21. The van der Waals surface area contributed by atoms with E-state index >= 15 is 0 Å². The third-order valence-electron chi connectivity index (χ3n) is 5.31. The monoisotopic (exact) mass is 379 g/mol. The number of aromatic nitrogens is 3. The van der Waals surface area contributed by atoms with Crippen LogP contribution in [0, 0.1) is 6.92 Å². The highest BCUT2D eigenvalue weighted by molar-refractivity contribution is 5.90. The molecule has 7 heteroatoms. The van der Waals surface area contributed by atoms with E-state index in [-0.39, 0.29) is 5.97 Å². The molecular weight excluding hydrogens is 354 g/mol. The summed E-state index contributed by atoms with van der Waals surface area (Å²) in [5.74, 6) is -0.308. The lowest BCUT2D eigenvalue weighted by molar-refractivity contribution is 0.0601. The van der Waals surface area contributed by atoms with Crippen LogP contribution in [0.15, 0.2) is 36.5 Å². The molecule has 1 saturated heterocycles. The van der Waals surface area contributed by atoms with Crippen LogP contribution in [-0.4, -0.2) is 52.3 Å². The van der Waals surface area contributed by atoms with Crippen LogP contribution in [0.1, 0.15) is 34.5 Å². The van der Waals surface area contributed by atoms with E-state index < -0.39 is 0 Å². The number of benzene rings is 1. The van der Waals surface area contributed by atoms with E-state index in [2.05, 4.69) is 31.5 Å². The van der Waals surface area contributed by atoms with E-state index in [4.69, 9.17) is 4.74 Å². The second kappa shape index (κ2) is 7.98. The van der Waals surface area contributed by atoms with Crippen molar-refractivity contribution in [1.29, 1.82) is 0 Å². The number of aromatic amines is 1. The van der Waals surface area contributed by atoms with Gasteiger partial charge in [0.15, 0.2) is 5.65 Å². The van der Waals surface area contributed by atoms with E-state index in [1.807, 2.05) is 31.3 Å². The first-order chi connectivity index (χ1) is 13.6. The molecule has 0 bridgehead atoms. The Morgan fingerprint density at radius 1 is 1.32 bits per heavy atom. The number of carbonyl (C=O) groups excluding carboxylic acids is 1. The number of fused-ring (bicyclic) bond motifs is 1. The Bertz CT molecular complexity index is 976. The van der Waals surface area contributed by atoms with Crippen molar-refractivity contribution in [3.63, 3.8) is 0 Å². The largest absolute Gasteiger partial charge is 0.465 e. The number of rotatable bonds is 5. The molecule has 3 aromatic rings. The molecule has 1 aliphatic rings. The zero-order chi connectivity index (χ0) is 19.5. The van der Waals surface area contributed by atoms with Gasteiger partial charge in [0.25, 0.3) is 0 Å². The predicted molar refractivity (Wildman–Crippen MR) is 108 cm³/mol. The summed E-state index contributed by atoms with van der Waals surface area (Å²) in [6.07, 6.45) is 4.04. The van der Waals surface area contributed by atoms with Crippen LogP contribution in [0.25, 0.3) is 11.0 Å². The van der Waals surface area contributed by atoms with Crippen LogP contribution >= 0.6 is 0 Å². The Kier molecular flexibility index (Phi) is 5.25. The number of aryl methyl sites for hydroxylation is 1. The molecule has 2 aromatic heterocycles. The van der Waals surface area contributed by atoms with Crippen LogP contribution in [0.4, 0.5) is 5.69 Å². The minimum absolute atomic E-state index is 0.308. The summed E-state index contributed by atoms with van der Waals surface area (Å²) >= 11 is 0. The van der Waals surface area contributed by atoms with Gasteiger partial charge >= 0.3 is 5.97 Å². The van der Waals surface area contributed by atoms with Gasteiger partial charge in [-0.25, -0.2) is 9.78 Å². The molecular formula is C21H25N5O2. The predicted octanol–water partition coefficient (Wildman–Crippen LogP) is 3.13. The van der Waals surface area contributed by atoms with Crippen LogP contribution in [0.5, 0.6) is 0 Å². The lowest BCUT2D eigenvalue weighted by Crippen LogP contribution is -2.38. The Morgan fingerprint density at radius 3 is 2.93 bits per heavy atom. The Hall–Kier alpha value is -2.93. The van der Waals surface area contributed by atoms with Gasteiger partial charge in [0.05, 0.1) is 12.7 Å². The maximum atomic E-state index is 11.7. The smallest absolute Gasteiger partial charge is 0.337 e. The Morgan fingerprint density at radius 2 is 2.14 bits per heavy atom. The molecule has 3 heterocycles. The van der Waals surface area contributed by atoms with Crippen molar-refractivity contribution >= 4 is 22.7 Å². The van der Waals surface area contributed by atoms with Gasteiger partial charge in [-0.3, -0.25) is 10.00 Å². The zero-order valence-corrected chi connectivity index (χ0v) is 16.2. The summed E-state index contributed by atoms with van der Waals surface area (Å²) in [6.45, 7) is 4.97. The molecule has 0 amide bonds. The number of esters is 1. The zero-order valence-electron chi connectivity index (χ0n) is 16.2. The molecule has 0 atom stereocenters. The minimum Gasteiger partial charge on any atom is -0.465 e. The number of anilines is 1. The average molecular weight is 379 g/mol. The van der Waals surface area contributed by atoms with E-state index in [1.165, 1.54) is 12.7 Å². The number of pyridine rings is 1. The van der Waals surface area contributed by atoms with Crippen molar-refractivity contribution in [2.24, 2.45) is 0 Å². The van der Waals surface area contributed by atoms with Crippen molar-refractivity contribution in [3.8, 4) is 0 Å². The van der Waals surface area contributed by atoms with Gasteiger partial charge in [-0.1, -0.05) is 6.07 Å². The van der Waals surface area contributed by atoms with Gasteiger partial charge in [0.1, 0.15) is 0 Å². The normalized spacial score (nSPS) is 15.6. The maximum absolute atomic E-state index is 11.7. The van der Waals surface area contributed by atoms with E-state index in [9.17, 15) is 4.79 Å². The van der Waals surface area contributed by atoms with Gasteiger partial charge in [-0.2, -0.15) is 5.10 Å². The number of hydrogen-bond donors (Lipinski definition) is 2. The Balaban J connectivity index is 1.33. The molecule has 0 saturated carbocycles. The minimum atomic E-state index is -0.308. The summed E-state index contributed by atoms with van der Waals surface area (Å²) in [5.41, 5.74) is 4.59. The number of H-pyrrole nitrogens is 1. The summed E-state index contributed by atoms with van der Waals surface area (Å²) in [6, 6.07) is 10.1. The van der Waals surface area contributed by atoms with E-state index in [0.29, 0.717) is 11.6 Å². The van der Waals surface area contributed by atoms with Crippen LogP contribution in [-0.2, 0) is 11.3 Å². The quantitative estimate of drug-likeness (QED) is 0.663. The number of methoxy groups -OCH3 is 1. The van der Waals surface area contributed by atoms with Crippen LogP contribution in [0.3, 0.4) is 0 Å². The van der Waals surface area contributed by atoms with Crippen molar-refractivity contribution in [2.45, 2.75) is 32.4 Å². The van der Waals surface area contributed by atoms with Gasteiger partial charge in [-0.15, -0.1) is 0 Å². The van der Waals surface area contributed by atoms with E-state index in [1.54, 1.807) is 6.07 Å². The SMILES string of the molecule is COC(=O)c1cccc(NC2CCN(Cc3cnc4n[nH]c(C)c4c3)CC2)c1. The first-order valence-corrected chi connectivity index (χ1v) is 9.59. The number of nitrogens with zero attached hydrogens (tertiary/aromatic N) is 3. The first-order valence-electron chi connectivity index (χ1n) is 9.59. The summed E-state index contributed by atoms with van der Waals surface area (Å²) in [7, 11) is 1.40. The lowest BCUT2D eigenvalue weighted by atomic mass is 10.0. The van der Waals surface area contributed by atoms with E-state index in [0.717, 1.165) is 54.9 Å². The molecule has 0 unspecified atom stereocenters. The third kappa shape index (κ3) is 3.99. The Labute approximate surface area is 164 Å². The third-order valence-corrected chi connectivity index (χ3v) is 5.31. The van der Waals surface area contributed by atoms with Crippen LogP contribution < -0.4 is 5.32 Å². The highest BCUT2D eigenvalue weighted by atomic mass is 16.5.